The van der Waals surface area contributed by atoms with E-state index < -0.39 is 5.97 Å². The normalized spacial score (nSPS) is 11.3. The maximum absolute atomic E-state index is 10.6. The molecule has 0 atom stereocenters. The van der Waals surface area contributed by atoms with Gasteiger partial charge in [0.15, 0.2) is 0 Å². The number of carbonyl (C=O) groups is 1. The number of nitrogens with zero attached hydrogens (tertiary/aromatic N) is 1. The highest BCUT2D eigenvalue weighted by Crippen LogP contribution is 2.11. The van der Waals surface area contributed by atoms with E-state index in [1.807, 2.05) is 7.05 Å². The van der Waals surface area contributed by atoms with Gasteiger partial charge < -0.3 is 9.52 Å². The average molecular weight is 225 g/mol. The molecule has 0 saturated heterocycles. The molecule has 0 unspecified atom stereocenters. The van der Waals surface area contributed by atoms with Crippen molar-refractivity contribution in [1.29, 1.82) is 0 Å². The summed E-state index contributed by atoms with van der Waals surface area (Å²) in [5.41, 5.74) is 0.215. The summed E-state index contributed by atoms with van der Waals surface area (Å²) in [6.45, 7) is 6.01. The molecular weight excluding hydrogens is 206 g/mol. The van der Waals surface area contributed by atoms with Crippen LogP contribution in [0.15, 0.2) is 16.7 Å². The summed E-state index contributed by atoms with van der Waals surface area (Å²) in [6, 6.07) is 1.58. The third-order valence-corrected chi connectivity index (χ3v) is 2.41. The Bertz CT molecular complexity index is 344. The fourth-order valence-electron chi connectivity index (χ4n) is 1.40. The Hall–Kier alpha value is -1.29. The molecule has 0 bridgehead atoms. The van der Waals surface area contributed by atoms with E-state index >= 15 is 0 Å². The van der Waals surface area contributed by atoms with Crippen molar-refractivity contribution in [3.8, 4) is 0 Å². The first-order valence-corrected chi connectivity index (χ1v) is 5.48. The molecule has 1 rings (SSSR count). The highest BCUT2D eigenvalue weighted by atomic mass is 16.4. The van der Waals surface area contributed by atoms with Crippen LogP contribution in [0.1, 0.15) is 36.4 Å². The molecule has 4 heteroatoms. The van der Waals surface area contributed by atoms with Crippen molar-refractivity contribution in [1.82, 2.24) is 4.90 Å². The van der Waals surface area contributed by atoms with Gasteiger partial charge in [-0.2, -0.15) is 0 Å². The SMILES string of the molecule is CC(C)CCN(C)Cc1cc(C(=O)O)co1. The van der Waals surface area contributed by atoms with E-state index in [2.05, 4.69) is 18.7 Å². The third kappa shape index (κ3) is 4.06. The van der Waals surface area contributed by atoms with Crippen molar-refractivity contribution in [3.05, 3.63) is 23.7 Å². The largest absolute Gasteiger partial charge is 0.478 e. The molecule has 1 aromatic heterocycles. The Morgan fingerprint density at radius 2 is 2.25 bits per heavy atom. The summed E-state index contributed by atoms with van der Waals surface area (Å²) in [5.74, 6) is 0.428. The number of hydrogen-bond donors (Lipinski definition) is 1. The molecule has 1 aromatic rings. The minimum absolute atomic E-state index is 0.215. The topological polar surface area (TPSA) is 53.7 Å². The van der Waals surface area contributed by atoms with Gasteiger partial charge in [0.2, 0.25) is 0 Å². The van der Waals surface area contributed by atoms with Crippen LogP contribution in [0.3, 0.4) is 0 Å². The van der Waals surface area contributed by atoms with Crippen molar-refractivity contribution in [3.63, 3.8) is 0 Å². The quantitative estimate of drug-likeness (QED) is 0.808. The third-order valence-electron chi connectivity index (χ3n) is 2.41. The van der Waals surface area contributed by atoms with Gasteiger partial charge in [-0.3, -0.25) is 4.90 Å². The number of carboxylic acid groups (broad SMARTS) is 1. The van der Waals surface area contributed by atoms with Crippen molar-refractivity contribution in [2.75, 3.05) is 13.6 Å². The van der Waals surface area contributed by atoms with Crippen LogP contribution < -0.4 is 0 Å². The molecule has 0 aliphatic heterocycles. The van der Waals surface area contributed by atoms with Crippen LogP contribution in [-0.2, 0) is 6.54 Å². The number of rotatable bonds is 6. The Kier molecular flexibility index (Phi) is 4.55. The van der Waals surface area contributed by atoms with Gasteiger partial charge in [0, 0.05) is 0 Å². The van der Waals surface area contributed by atoms with Crippen molar-refractivity contribution in [2.45, 2.75) is 26.8 Å². The van der Waals surface area contributed by atoms with E-state index in [0.717, 1.165) is 13.0 Å². The van der Waals surface area contributed by atoms with Gasteiger partial charge in [0.25, 0.3) is 0 Å². The summed E-state index contributed by atoms with van der Waals surface area (Å²) < 4.78 is 5.18. The monoisotopic (exact) mass is 225 g/mol. The van der Waals surface area contributed by atoms with E-state index in [9.17, 15) is 4.79 Å². The number of aromatic carboxylic acids is 1. The minimum Gasteiger partial charge on any atom is -0.478 e. The smallest absolute Gasteiger partial charge is 0.338 e. The molecule has 16 heavy (non-hydrogen) atoms. The molecule has 0 spiro atoms. The second kappa shape index (κ2) is 5.70. The maximum Gasteiger partial charge on any atom is 0.338 e. The summed E-state index contributed by atoms with van der Waals surface area (Å²) in [7, 11) is 2.01. The van der Waals surface area contributed by atoms with Crippen molar-refractivity contribution in [2.24, 2.45) is 5.92 Å². The molecule has 4 nitrogen and oxygen atoms in total. The second-order valence-electron chi connectivity index (χ2n) is 4.53. The lowest BCUT2D eigenvalue weighted by Crippen LogP contribution is -2.20. The van der Waals surface area contributed by atoms with Crippen molar-refractivity contribution >= 4 is 5.97 Å². The highest BCUT2D eigenvalue weighted by molar-refractivity contribution is 5.87. The molecule has 0 fully saturated rings. The van der Waals surface area contributed by atoms with Crippen molar-refractivity contribution < 1.29 is 14.3 Å². The van der Waals surface area contributed by atoms with Gasteiger partial charge in [0.05, 0.1) is 12.1 Å². The standard InChI is InChI=1S/C12H19NO3/c1-9(2)4-5-13(3)7-11-6-10(8-16-11)12(14)15/h6,8-9H,4-5,7H2,1-3H3,(H,14,15). The van der Waals surface area contributed by atoms with E-state index in [-0.39, 0.29) is 5.56 Å². The lowest BCUT2D eigenvalue weighted by Gasteiger charge is -2.16. The summed E-state index contributed by atoms with van der Waals surface area (Å²) >= 11 is 0. The first-order valence-electron chi connectivity index (χ1n) is 5.48. The van der Waals surface area contributed by atoms with Gasteiger partial charge in [-0.1, -0.05) is 13.8 Å². The Balaban J connectivity index is 2.43. The van der Waals surface area contributed by atoms with Gasteiger partial charge in [-0.25, -0.2) is 4.79 Å². The van der Waals surface area contributed by atoms with Crippen LogP contribution in [0, 0.1) is 5.92 Å². The molecule has 0 aliphatic carbocycles. The molecule has 1 N–H and O–H groups in total. The van der Waals surface area contributed by atoms with Gasteiger partial charge in [-0.15, -0.1) is 0 Å². The zero-order valence-electron chi connectivity index (χ0n) is 10.1. The highest BCUT2D eigenvalue weighted by Gasteiger charge is 2.10. The molecular formula is C12H19NO3. The lowest BCUT2D eigenvalue weighted by molar-refractivity contribution is 0.0696. The van der Waals surface area contributed by atoms with E-state index in [1.165, 1.54) is 6.26 Å². The van der Waals surface area contributed by atoms with Gasteiger partial charge in [-0.05, 0) is 32.0 Å². The number of carboxylic acids is 1. The number of hydrogen-bond acceptors (Lipinski definition) is 3. The minimum atomic E-state index is -0.945. The fourth-order valence-corrected chi connectivity index (χ4v) is 1.40. The van der Waals surface area contributed by atoms with Crippen LogP contribution in [-0.4, -0.2) is 29.6 Å². The Morgan fingerprint density at radius 1 is 1.56 bits per heavy atom. The zero-order chi connectivity index (χ0) is 12.1. The summed E-state index contributed by atoms with van der Waals surface area (Å²) in [5, 5.41) is 8.73. The van der Waals surface area contributed by atoms with Crippen LogP contribution >= 0.6 is 0 Å². The average Bonchev–Trinajstić information content (AvgIpc) is 2.63. The van der Waals surface area contributed by atoms with Crippen LogP contribution in [0.25, 0.3) is 0 Å². The molecule has 0 amide bonds. The summed E-state index contributed by atoms with van der Waals surface area (Å²) in [4.78, 5) is 12.8. The van der Waals surface area contributed by atoms with Crippen LogP contribution in [0.2, 0.25) is 0 Å². The Morgan fingerprint density at radius 3 is 2.75 bits per heavy atom. The molecule has 0 aliphatic rings. The lowest BCUT2D eigenvalue weighted by atomic mass is 10.1. The van der Waals surface area contributed by atoms with E-state index in [1.54, 1.807) is 6.07 Å². The second-order valence-corrected chi connectivity index (χ2v) is 4.53. The first-order chi connectivity index (χ1) is 7.49. The number of furan rings is 1. The molecule has 1 heterocycles. The predicted octanol–water partition coefficient (Wildman–Crippen LogP) is 2.46. The fraction of sp³-hybridized carbons (Fsp3) is 0.583. The maximum atomic E-state index is 10.6. The first kappa shape index (κ1) is 12.8. The molecule has 0 aromatic carbocycles. The molecule has 0 saturated carbocycles. The summed E-state index contributed by atoms with van der Waals surface area (Å²) in [6.07, 6.45) is 2.41. The van der Waals surface area contributed by atoms with Crippen LogP contribution in [0.5, 0.6) is 0 Å². The van der Waals surface area contributed by atoms with E-state index in [4.69, 9.17) is 9.52 Å². The van der Waals surface area contributed by atoms with Gasteiger partial charge >= 0.3 is 5.97 Å². The van der Waals surface area contributed by atoms with Crippen LogP contribution in [0.4, 0.5) is 0 Å². The van der Waals surface area contributed by atoms with Gasteiger partial charge in [0.1, 0.15) is 12.0 Å². The zero-order valence-corrected chi connectivity index (χ0v) is 10.1. The predicted molar refractivity (Wildman–Crippen MR) is 61.5 cm³/mol. The Labute approximate surface area is 95.9 Å². The molecule has 90 valence electrons. The molecule has 0 radical (unpaired) electrons. The van der Waals surface area contributed by atoms with E-state index in [0.29, 0.717) is 18.2 Å².